The number of piperazine rings is 1. The van der Waals surface area contributed by atoms with Crippen LogP contribution in [0.5, 0.6) is 0 Å². The lowest BCUT2D eigenvalue weighted by Crippen LogP contribution is -2.48. The number of hydrogen-bond acceptors (Lipinski definition) is 5. The summed E-state index contributed by atoms with van der Waals surface area (Å²) in [4.78, 5) is 23.0. The fourth-order valence-corrected chi connectivity index (χ4v) is 5.41. The fraction of sp³-hybridized carbons (Fsp3) is 0.364. The first kappa shape index (κ1) is 19.3. The molecule has 0 saturated carbocycles. The maximum absolute atomic E-state index is 12.5. The highest BCUT2D eigenvalue weighted by molar-refractivity contribution is 7.99. The number of aromatic nitrogens is 1. The summed E-state index contributed by atoms with van der Waals surface area (Å²) in [6.07, 6.45) is 1.57. The van der Waals surface area contributed by atoms with Crippen molar-refractivity contribution in [3.8, 4) is 0 Å². The molecule has 2 aromatic carbocycles. The molecule has 4 nitrogen and oxygen atoms in total. The number of para-hydroxylation sites is 1. The van der Waals surface area contributed by atoms with Crippen LogP contribution in [0.25, 0.3) is 10.2 Å². The van der Waals surface area contributed by atoms with E-state index < -0.39 is 0 Å². The van der Waals surface area contributed by atoms with Crippen LogP contribution in [0.15, 0.2) is 53.4 Å². The zero-order valence-electron chi connectivity index (χ0n) is 16.1. The molecule has 1 aliphatic rings. The minimum absolute atomic E-state index is 0.286. The molecule has 146 valence electrons. The van der Waals surface area contributed by atoms with E-state index in [9.17, 15) is 4.79 Å². The molecule has 0 radical (unpaired) electrons. The van der Waals surface area contributed by atoms with E-state index in [0.29, 0.717) is 6.42 Å². The zero-order valence-corrected chi connectivity index (χ0v) is 17.8. The van der Waals surface area contributed by atoms with E-state index in [1.54, 1.807) is 11.3 Å². The summed E-state index contributed by atoms with van der Waals surface area (Å²) >= 11 is 3.57. The normalized spacial score (nSPS) is 14.6. The monoisotopic (exact) mass is 411 g/mol. The molecule has 6 heteroatoms. The summed E-state index contributed by atoms with van der Waals surface area (Å²) < 4.78 is 1.24. The first-order chi connectivity index (χ1) is 13.7. The number of carbonyl (C=O) groups excluding carboxylic acids is 1. The van der Waals surface area contributed by atoms with Crippen molar-refractivity contribution in [3.05, 3.63) is 54.1 Å². The van der Waals surface area contributed by atoms with E-state index in [-0.39, 0.29) is 5.91 Å². The van der Waals surface area contributed by atoms with Gasteiger partial charge in [-0.25, -0.2) is 4.98 Å². The van der Waals surface area contributed by atoms with Crippen molar-refractivity contribution >= 4 is 44.4 Å². The van der Waals surface area contributed by atoms with Gasteiger partial charge in [0.25, 0.3) is 0 Å². The Labute approximate surface area is 174 Å². The molecule has 0 atom stereocenters. The molecular formula is C22H25N3OS2. The molecule has 1 aromatic heterocycles. The number of aryl methyl sites for hydroxylation is 1. The largest absolute Gasteiger partial charge is 0.345 e. The first-order valence-corrected chi connectivity index (χ1v) is 11.6. The predicted octanol–water partition coefficient (Wildman–Crippen LogP) is 4.83. The van der Waals surface area contributed by atoms with Crippen LogP contribution in [0, 0.1) is 6.92 Å². The fourth-order valence-electron chi connectivity index (χ4n) is 3.45. The molecule has 1 amide bonds. The molecule has 2 heterocycles. The molecule has 3 aromatic rings. The summed E-state index contributed by atoms with van der Waals surface area (Å²) in [6.45, 7) is 5.42. The summed E-state index contributed by atoms with van der Waals surface area (Å²) in [5.41, 5.74) is 2.33. The van der Waals surface area contributed by atoms with Crippen LogP contribution in [0.4, 0.5) is 5.13 Å². The predicted molar refractivity (Wildman–Crippen MR) is 120 cm³/mol. The molecule has 4 rings (SSSR count). The molecule has 0 aliphatic carbocycles. The van der Waals surface area contributed by atoms with Crippen molar-refractivity contribution in [2.24, 2.45) is 0 Å². The van der Waals surface area contributed by atoms with Crippen molar-refractivity contribution in [2.75, 3.05) is 36.8 Å². The molecule has 0 bridgehead atoms. The maximum atomic E-state index is 12.5. The Bertz CT molecular complexity index is 933. The van der Waals surface area contributed by atoms with E-state index in [0.717, 1.165) is 49.0 Å². The standard InChI is InChI=1S/C22H25N3OS2/c1-17-7-5-10-19-21(17)23-22(28-19)25-14-12-24(13-15-25)20(26)11-6-16-27-18-8-3-2-4-9-18/h2-5,7-10H,6,11-16H2,1H3. The van der Waals surface area contributed by atoms with Crippen molar-refractivity contribution in [1.82, 2.24) is 9.88 Å². The number of hydrogen-bond donors (Lipinski definition) is 0. The molecular weight excluding hydrogens is 386 g/mol. The number of anilines is 1. The second-order valence-corrected chi connectivity index (χ2v) is 9.23. The smallest absolute Gasteiger partial charge is 0.222 e. The Kier molecular flexibility index (Phi) is 6.17. The van der Waals surface area contributed by atoms with Crippen molar-refractivity contribution < 1.29 is 4.79 Å². The molecule has 28 heavy (non-hydrogen) atoms. The van der Waals surface area contributed by atoms with Crippen LogP contribution in [-0.2, 0) is 4.79 Å². The van der Waals surface area contributed by atoms with Gasteiger partial charge in [-0.2, -0.15) is 0 Å². The Morgan fingerprint density at radius 1 is 1.07 bits per heavy atom. The Morgan fingerprint density at radius 3 is 2.61 bits per heavy atom. The molecule has 1 fully saturated rings. The minimum atomic E-state index is 0.286. The quantitative estimate of drug-likeness (QED) is 0.430. The average Bonchev–Trinajstić information content (AvgIpc) is 3.18. The topological polar surface area (TPSA) is 36.4 Å². The van der Waals surface area contributed by atoms with Crippen molar-refractivity contribution in [1.29, 1.82) is 0 Å². The molecule has 0 N–H and O–H groups in total. The number of thioether (sulfide) groups is 1. The van der Waals surface area contributed by atoms with Crippen molar-refractivity contribution in [2.45, 2.75) is 24.7 Å². The van der Waals surface area contributed by atoms with Gasteiger partial charge < -0.3 is 9.80 Å². The third-order valence-corrected chi connectivity index (χ3v) is 7.24. The van der Waals surface area contributed by atoms with Crippen LogP contribution >= 0.6 is 23.1 Å². The number of rotatable bonds is 6. The SMILES string of the molecule is Cc1cccc2sc(N3CCN(C(=O)CCCSc4ccccc4)CC3)nc12. The highest BCUT2D eigenvalue weighted by atomic mass is 32.2. The number of benzene rings is 2. The number of carbonyl (C=O) groups is 1. The number of thiazole rings is 1. The van der Waals surface area contributed by atoms with Gasteiger partial charge in [-0.1, -0.05) is 41.7 Å². The molecule has 0 unspecified atom stereocenters. The van der Waals surface area contributed by atoms with Gasteiger partial charge in [0, 0.05) is 37.5 Å². The lowest BCUT2D eigenvalue weighted by molar-refractivity contribution is -0.131. The van der Waals surface area contributed by atoms with Gasteiger partial charge in [-0.05, 0) is 42.9 Å². The molecule has 0 spiro atoms. The van der Waals surface area contributed by atoms with Crippen LogP contribution in [0.1, 0.15) is 18.4 Å². The van der Waals surface area contributed by atoms with Gasteiger partial charge in [0.2, 0.25) is 5.91 Å². The van der Waals surface area contributed by atoms with Crippen LogP contribution < -0.4 is 4.90 Å². The van der Waals surface area contributed by atoms with Crippen LogP contribution in [-0.4, -0.2) is 47.7 Å². The van der Waals surface area contributed by atoms with Crippen LogP contribution in [0.3, 0.4) is 0 Å². The Morgan fingerprint density at radius 2 is 1.86 bits per heavy atom. The number of amides is 1. The maximum Gasteiger partial charge on any atom is 0.222 e. The van der Waals surface area contributed by atoms with Gasteiger partial charge in [-0.15, -0.1) is 11.8 Å². The lowest BCUT2D eigenvalue weighted by Gasteiger charge is -2.34. The van der Waals surface area contributed by atoms with E-state index in [1.807, 2.05) is 22.7 Å². The summed E-state index contributed by atoms with van der Waals surface area (Å²) in [6, 6.07) is 16.7. The van der Waals surface area contributed by atoms with E-state index in [4.69, 9.17) is 4.98 Å². The highest BCUT2D eigenvalue weighted by Gasteiger charge is 2.23. The average molecular weight is 412 g/mol. The molecule has 1 saturated heterocycles. The summed E-state index contributed by atoms with van der Waals surface area (Å²) in [7, 11) is 0. The van der Waals surface area contributed by atoms with E-state index >= 15 is 0 Å². The third-order valence-electron chi connectivity index (χ3n) is 5.06. The van der Waals surface area contributed by atoms with Gasteiger partial charge in [0.1, 0.15) is 0 Å². The van der Waals surface area contributed by atoms with Gasteiger partial charge >= 0.3 is 0 Å². The summed E-state index contributed by atoms with van der Waals surface area (Å²) in [5, 5.41) is 1.08. The minimum Gasteiger partial charge on any atom is -0.345 e. The second kappa shape index (κ2) is 8.97. The highest BCUT2D eigenvalue weighted by Crippen LogP contribution is 2.31. The lowest BCUT2D eigenvalue weighted by atomic mass is 10.2. The van der Waals surface area contributed by atoms with Gasteiger partial charge in [0.05, 0.1) is 10.2 Å². The molecule has 1 aliphatic heterocycles. The van der Waals surface area contributed by atoms with E-state index in [2.05, 4.69) is 54.3 Å². The van der Waals surface area contributed by atoms with Crippen LogP contribution in [0.2, 0.25) is 0 Å². The number of nitrogens with zero attached hydrogens (tertiary/aromatic N) is 3. The van der Waals surface area contributed by atoms with Gasteiger partial charge in [-0.3, -0.25) is 4.79 Å². The van der Waals surface area contributed by atoms with Gasteiger partial charge in [0.15, 0.2) is 5.13 Å². The third kappa shape index (κ3) is 4.50. The summed E-state index contributed by atoms with van der Waals surface area (Å²) in [5.74, 6) is 1.27. The second-order valence-electron chi connectivity index (χ2n) is 7.05. The Balaban J connectivity index is 1.24. The van der Waals surface area contributed by atoms with Crippen molar-refractivity contribution in [3.63, 3.8) is 0 Å². The zero-order chi connectivity index (χ0) is 19.3. The van der Waals surface area contributed by atoms with E-state index in [1.165, 1.54) is 15.2 Å². The Hall–Kier alpha value is -2.05. The first-order valence-electron chi connectivity index (χ1n) is 9.77. The number of fused-ring (bicyclic) bond motifs is 1.